The number of hydrogen-bond donors (Lipinski definition) is 3. The maximum absolute atomic E-state index is 11.3. The molecule has 1 rings (SSSR count). The van der Waals surface area contributed by atoms with Gasteiger partial charge in [-0.1, -0.05) is 12.1 Å². The summed E-state index contributed by atoms with van der Waals surface area (Å²) in [5.41, 5.74) is 11.5. The molecule has 0 aliphatic rings. The lowest BCUT2D eigenvalue weighted by Crippen LogP contribution is -2.27. The first-order valence-corrected chi connectivity index (χ1v) is 4.37. The third-order valence-corrected chi connectivity index (χ3v) is 2.04. The number of aliphatic carboxylic acids is 1. The molecular weight excluding hydrogens is 196 g/mol. The van der Waals surface area contributed by atoms with E-state index in [1.165, 1.54) is 12.1 Å². The Bertz CT molecular complexity index is 373. The first-order valence-electron chi connectivity index (χ1n) is 4.37. The Kier molecular flexibility index (Phi) is 3.41. The largest absolute Gasteiger partial charge is 0.480 e. The summed E-state index contributed by atoms with van der Waals surface area (Å²) in [5, 5.41) is 8.89. The molecule has 0 saturated heterocycles. The van der Waals surface area contributed by atoms with Gasteiger partial charge in [0.1, 0.15) is 5.92 Å². The van der Waals surface area contributed by atoms with Crippen LogP contribution >= 0.6 is 0 Å². The minimum Gasteiger partial charge on any atom is -0.480 e. The summed E-state index contributed by atoms with van der Waals surface area (Å²) in [7, 11) is 0. The van der Waals surface area contributed by atoms with E-state index in [0.29, 0.717) is 11.3 Å². The monoisotopic (exact) mass is 208 g/mol. The van der Waals surface area contributed by atoms with Crippen molar-refractivity contribution in [1.82, 2.24) is 0 Å². The van der Waals surface area contributed by atoms with Gasteiger partial charge in [-0.25, -0.2) is 0 Å². The van der Waals surface area contributed by atoms with Crippen LogP contribution < -0.4 is 11.5 Å². The fourth-order valence-corrected chi connectivity index (χ4v) is 1.27. The molecule has 5 heteroatoms. The van der Waals surface area contributed by atoms with Gasteiger partial charge in [-0.05, 0) is 17.7 Å². The van der Waals surface area contributed by atoms with E-state index in [1.807, 2.05) is 0 Å². The highest BCUT2D eigenvalue weighted by atomic mass is 16.4. The molecule has 15 heavy (non-hydrogen) atoms. The number of benzene rings is 1. The molecule has 1 atom stereocenters. The molecule has 0 fully saturated rings. The average Bonchev–Trinajstić information content (AvgIpc) is 2.20. The molecule has 0 aromatic heterocycles. The third kappa shape index (κ3) is 2.54. The molecule has 0 bridgehead atoms. The second kappa shape index (κ2) is 4.56. The summed E-state index contributed by atoms with van der Waals surface area (Å²) in [4.78, 5) is 22.2. The predicted molar refractivity (Wildman–Crippen MR) is 55.3 cm³/mol. The highest BCUT2D eigenvalue weighted by molar-refractivity contribution is 6.04. The summed E-state index contributed by atoms with van der Waals surface area (Å²) in [6.45, 7) is -0.290. The fourth-order valence-electron chi connectivity index (χ4n) is 1.27. The number of carbonyl (C=O) groups excluding carboxylic acids is 1. The summed E-state index contributed by atoms with van der Waals surface area (Å²) >= 11 is 0. The number of anilines is 1. The van der Waals surface area contributed by atoms with Crippen LogP contribution in [0, 0.1) is 0 Å². The minimum atomic E-state index is -1.20. The molecule has 5 nitrogen and oxygen atoms in total. The van der Waals surface area contributed by atoms with Gasteiger partial charge in [0.15, 0.2) is 5.78 Å². The molecule has 1 aromatic rings. The Morgan fingerprint density at radius 2 is 1.80 bits per heavy atom. The quantitative estimate of drug-likeness (QED) is 0.475. The first kappa shape index (κ1) is 11.2. The second-order valence-corrected chi connectivity index (χ2v) is 3.11. The van der Waals surface area contributed by atoms with Crippen molar-refractivity contribution in [3.05, 3.63) is 29.8 Å². The Balaban J connectivity index is 3.04. The lowest BCUT2D eigenvalue weighted by atomic mass is 9.94. The molecule has 0 aliphatic carbocycles. The van der Waals surface area contributed by atoms with Crippen molar-refractivity contribution in [1.29, 1.82) is 0 Å². The van der Waals surface area contributed by atoms with Gasteiger partial charge in [-0.15, -0.1) is 0 Å². The average molecular weight is 208 g/mol. The van der Waals surface area contributed by atoms with Gasteiger partial charge in [-0.3, -0.25) is 9.59 Å². The van der Waals surface area contributed by atoms with Gasteiger partial charge in [0.2, 0.25) is 0 Å². The van der Waals surface area contributed by atoms with E-state index in [4.69, 9.17) is 16.6 Å². The van der Waals surface area contributed by atoms with Crippen molar-refractivity contribution in [2.45, 2.75) is 5.92 Å². The lowest BCUT2D eigenvalue weighted by Gasteiger charge is -2.10. The number of Topliss-reactive ketones (excluding diaryl/α,β-unsaturated/α-hetero) is 1. The van der Waals surface area contributed by atoms with Gasteiger partial charge in [-0.2, -0.15) is 0 Å². The van der Waals surface area contributed by atoms with Gasteiger partial charge < -0.3 is 16.6 Å². The van der Waals surface area contributed by atoms with Crippen molar-refractivity contribution >= 4 is 17.4 Å². The van der Waals surface area contributed by atoms with E-state index in [2.05, 4.69) is 0 Å². The number of carboxylic acid groups (broad SMARTS) is 1. The van der Waals surface area contributed by atoms with E-state index < -0.39 is 17.7 Å². The van der Waals surface area contributed by atoms with E-state index >= 15 is 0 Å². The van der Waals surface area contributed by atoms with Crippen molar-refractivity contribution in [2.24, 2.45) is 5.73 Å². The number of hydrogen-bond acceptors (Lipinski definition) is 4. The molecular formula is C10H12N2O3. The zero-order chi connectivity index (χ0) is 11.4. The standard InChI is InChI=1S/C10H12N2O3/c11-5-8(13)9(10(14)15)6-1-3-7(12)4-2-6/h1-4,9H,5,11-12H2,(H,14,15). The van der Waals surface area contributed by atoms with Crippen molar-refractivity contribution in [2.75, 3.05) is 12.3 Å². The number of rotatable bonds is 4. The van der Waals surface area contributed by atoms with Gasteiger partial charge in [0.05, 0.1) is 6.54 Å². The summed E-state index contributed by atoms with van der Waals surface area (Å²) in [6, 6.07) is 6.13. The zero-order valence-corrected chi connectivity index (χ0v) is 8.01. The van der Waals surface area contributed by atoms with E-state index in [1.54, 1.807) is 12.1 Å². The van der Waals surface area contributed by atoms with E-state index in [-0.39, 0.29) is 6.54 Å². The van der Waals surface area contributed by atoms with Crippen LogP contribution in [0.15, 0.2) is 24.3 Å². The van der Waals surface area contributed by atoms with Crippen LogP contribution in [0.5, 0.6) is 0 Å². The van der Waals surface area contributed by atoms with Crippen LogP contribution in [-0.2, 0) is 9.59 Å². The van der Waals surface area contributed by atoms with E-state index in [9.17, 15) is 9.59 Å². The van der Waals surface area contributed by atoms with Crippen molar-refractivity contribution in [3.63, 3.8) is 0 Å². The molecule has 0 amide bonds. The van der Waals surface area contributed by atoms with Crippen LogP contribution in [0.3, 0.4) is 0 Å². The minimum absolute atomic E-state index is 0.290. The third-order valence-electron chi connectivity index (χ3n) is 2.04. The van der Waals surface area contributed by atoms with Crippen LogP contribution in [0.4, 0.5) is 5.69 Å². The molecule has 1 unspecified atom stereocenters. The molecule has 5 N–H and O–H groups in total. The normalized spacial score (nSPS) is 12.1. The van der Waals surface area contributed by atoms with Crippen molar-refractivity contribution < 1.29 is 14.7 Å². The highest BCUT2D eigenvalue weighted by Crippen LogP contribution is 2.18. The molecule has 0 spiro atoms. The number of carbonyl (C=O) groups is 2. The van der Waals surface area contributed by atoms with Gasteiger partial charge in [0, 0.05) is 5.69 Å². The first-order chi connectivity index (χ1) is 7.06. The maximum Gasteiger partial charge on any atom is 0.318 e. The van der Waals surface area contributed by atoms with Crippen LogP contribution in [0.25, 0.3) is 0 Å². The molecule has 1 aromatic carbocycles. The SMILES string of the molecule is NCC(=O)C(C(=O)O)c1ccc(N)cc1. The lowest BCUT2D eigenvalue weighted by molar-refractivity contribution is -0.142. The molecule has 80 valence electrons. The number of ketones is 1. The second-order valence-electron chi connectivity index (χ2n) is 3.11. The predicted octanol–water partition coefficient (Wildman–Crippen LogP) is -0.0352. The highest BCUT2D eigenvalue weighted by Gasteiger charge is 2.26. The van der Waals surface area contributed by atoms with Gasteiger partial charge in [0.25, 0.3) is 0 Å². The van der Waals surface area contributed by atoms with Gasteiger partial charge >= 0.3 is 5.97 Å². The van der Waals surface area contributed by atoms with Crippen molar-refractivity contribution in [3.8, 4) is 0 Å². The molecule has 0 radical (unpaired) electrons. The smallest absolute Gasteiger partial charge is 0.318 e. The molecule has 0 saturated carbocycles. The Labute approximate surface area is 86.7 Å². The summed E-state index contributed by atoms with van der Waals surface area (Å²) < 4.78 is 0. The van der Waals surface area contributed by atoms with Crippen LogP contribution in [-0.4, -0.2) is 23.4 Å². The van der Waals surface area contributed by atoms with E-state index in [0.717, 1.165) is 0 Å². The Hall–Kier alpha value is -1.88. The van der Waals surface area contributed by atoms with Crippen LogP contribution in [0.2, 0.25) is 0 Å². The molecule has 0 heterocycles. The van der Waals surface area contributed by atoms with Crippen LogP contribution in [0.1, 0.15) is 11.5 Å². The summed E-state index contributed by atoms with van der Waals surface area (Å²) in [6.07, 6.45) is 0. The Morgan fingerprint density at radius 3 is 2.20 bits per heavy atom. The topological polar surface area (TPSA) is 106 Å². The number of carboxylic acids is 1. The number of nitrogens with two attached hydrogens (primary N) is 2. The fraction of sp³-hybridized carbons (Fsp3) is 0.200. The number of nitrogen functional groups attached to an aromatic ring is 1. The zero-order valence-electron chi connectivity index (χ0n) is 8.01. The Morgan fingerprint density at radius 1 is 1.27 bits per heavy atom. The summed E-state index contributed by atoms with van der Waals surface area (Å²) in [5.74, 6) is -2.92. The molecule has 0 aliphatic heterocycles. The maximum atomic E-state index is 11.3.